The zero-order valence-electron chi connectivity index (χ0n) is 11.3. The Morgan fingerprint density at radius 2 is 2.26 bits per heavy atom. The number of anilines is 1. The van der Waals surface area contributed by atoms with Gasteiger partial charge in [-0.05, 0) is 20.8 Å². The van der Waals surface area contributed by atoms with Gasteiger partial charge in [-0.3, -0.25) is 15.4 Å². The first-order valence-corrected chi connectivity index (χ1v) is 6.17. The predicted octanol–water partition coefficient (Wildman–Crippen LogP) is 1.36. The molecule has 0 spiro atoms. The maximum Gasteiger partial charge on any atom is 0.413 e. The van der Waals surface area contributed by atoms with Gasteiger partial charge in [0.25, 0.3) is 0 Å². The van der Waals surface area contributed by atoms with Gasteiger partial charge in [0.05, 0.1) is 6.67 Å². The largest absolute Gasteiger partial charge is 0.444 e. The van der Waals surface area contributed by atoms with Crippen LogP contribution in [0.25, 0.3) is 0 Å². The number of carbonyl (C=O) groups excluding carboxylic acids is 2. The first-order valence-electron chi connectivity index (χ1n) is 6.17. The van der Waals surface area contributed by atoms with Crippen molar-refractivity contribution in [2.45, 2.75) is 39.5 Å². The second-order valence-corrected chi connectivity index (χ2v) is 5.37. The third-order valence-electron chi connectivity index (χ3n) is 2.49. The van der Waals surface area contributed by atoms with Crippen LogP contribution in [0.15, 0.2) is 6.07 Å². The van der Waals surface area contributed by atoms with E-state index in [1.54, 1.807) is 31.5 Å². The molecular formula is C12H18N4O3. The Morgan fingerprint density at radius 3 is 2.95 bits per heavy atom. The Balaban J connectivity index is 2.09. The maximum atomic E-state index is 11.8. The van der Waals surface area contributed by atoms with E-state index >= 15 is 0 Å². The summed E-state index contributed by atoms with van der Waals surface area (Å²) in [7, 11) is 0. The number of nitrogens with one attached hydrogen (secondary N) is 2. The third-order valence-corrected chi connectivity index (χ3v) is 2.49. The number of ether oxygens (including phenoxy) is 1. The molecule has 104 valence electrons. The third kappa shape index (κ3) is 3.54. The average molecular weight is 266 g/mol. The quantitative estimate of drug-likeness (QED) is 0.801. The van der Waals surface area contributed by atoms with E-state index in [2.05, 4.69) is 15.7 Å². The normalized spacial score (nSPS) is 15.6. The fourth-order valence-electron chi connectivity index (χ4n) is 1.75. The zero-order valence-corrected chi connectivity index (χ0v) is 11.3. The molecule has 7 nitrogen and oxygen atoms in total. The number of amides is 1. The molecule has 1 amide bonds. The van der Waals surface area contributed by atoms with Crippen molar-refractivity contribution >= 4 is 17.7 Å². The number of nitrogens with zero attached hydrogens (tertiary/aromatic N) is 2. The van der Waals surface area contributed by atoms with Crippen molar-refractivity contribution in [2.75, 3.05) is 11.9 Å². The van der Waals surface area contributed by atoms with Crippen molar-refractivity contribution in [3.63, 3.8) is 0 Å². The number of aromatic nitrogens is 2. The lowest BCUT2D eigenvalue weighted by atomic mass is 10.2. The van der Waals surface area contributed by atoms with Crippen molar-refractivity contribution in [3.8, 4) is 0 Å². The molecule has 1 aromatic rings. The SMILES string of the molecule is CC(C)(C)OC(=O)Nc1cc2n(n1)CNCCC2=O. The van der Waals surface area contributed by atoms with Gasteiger partial charge in [-0.1, -0.05) is 0 Å². The van der Waals surface area contributed by atoms with E-state index in [0.29, 0.717) is 31.1 Å². The fourth-order valence-corrected chi connectivity index (χ4v) is 1.75. The first-order chi connectivity index (χ1) is 8.85. The first kappa shape index (κ1) is 13.5. The van der Waals surface area contributed by atoms with Crippen molar-refractivity contribution in [3.05, 3.63) is 11.8 Å². The summed E-state index contributed by atoms with van der Waals surface area (Å²) >= 11 is 0. The van der Waals surface area contributed by atoms with Crippen molar-refractivity contribution < 1.29 is 14.3 Å². The van der Waals surface area contributed by atoms with E-state index in [-0.39, 0.29) is 5.78 Å². The van der Waals surface area contributed by atoms with E-state index in [1.807, 2.05) is 0 Å². The van der Waals surface area contributed by atoms with Crippen LogP contribution in [-0.4, -0.2) is 33.8 Å². The molecule has 1 aromatic heterocycles. The molecule has 0 bridgehead atoms. The predicted molar refractivity (Wildman–Crippen MR) is 69.0 cm³/mol. The molecule has 0 saturated heterocycles. The Bertz CT molecular complexity index is 502. The van der Waals surface area contributed by atoms with E-state index in [4.69, 9.17) is 4.74 Å². The lowest BCUT2D eigenvalue weighted by Crippen LogP contribution is -2.27. The molecule has 19 heavy (non-hydrogen) atoms. The van der Waals surface area contributed by atoms with Gasteiger partial charge < -0.3 is 4.74 Å². The summed E-state index contributed by atoms with van der Waals surface area (Å²) in [6, 6.07) is 1.57. The van der Waals surface area contributed by atoms with Crippen LogP contribution in [0.2, 0.25) is 0 Å². The summed E-state index contributed by atoms with van der Waals surface area (Å²) < 4.78 is 6.67. The van der Waals surface area contributed by atoms with E-state index in [1.165, 1.54) is 0 Å². The molecule has 1 aliphatic heterocycles. The molecule has 7 heteroatoms. The van der Waals surface area contributed by atoms with Crippen LogP contribution in [0.3, 0.4) is 0 Å². The molecule has 0 aliphatic carbocycles. The van der Waals surface area contributed by atoms with E-state index < -0.39 is 11.7 Å². The number of hydrogen-bond acceptors (Lipinski definition) is 5. The Morgan fingerprint density at radius 1 is 1.53 bits per heavy atom. The number of rotatable bonds is 1. The molecule has 0 aromatic carbocycles. The fraction of sp³-hybridized carbons (Fsp3) is 0.583. The highest BCUT2D eigenvalue weighted by molar-refractivity contribution is 5.96. The minimum Gasteiger partial charge on any atom is -0.444 e. The van der Waals surface area contributed by atoms with Crippen molar-refractivity contribution in [2.24, 2.45) is 0 Å². The zero-order chi connectivity index (χ0) is 14.0. The van der Waals surface area contributed by atoms with Crippen LogP contribution in [0.1, 0.15) is 37.7 Å². The number of ketones is 1. The summed E-state index contributed by atoms with van der Waals surface area (Å²) in [4.78, 5) is 23.4. The maximum absolute atomic E-state index is 11.8. The average Bonchev–Trinajstić information content (AvgIpc) is 2.57. The van der Waals surface area contributed by atoms with Crippen molar-refractivity contribution in [1.82, 2.24) is 15.1 Å². The lowest BCUT2D eigenvalue weighted by molar-refractivity contribution is 0.0635. The number of Topliss-reactive ketones (excluding diaryl/α,β-unsaturated/α-hetero) is 1. The summed E-state index contributed by atoms with van der Waals surface area (Å²) in [5.74, 6) is 0.330. The highest BCUT2D eigenvalue weighted by Crippen LogP contribution is 2.15. The minimum atomic E-state index is -0.582. The van der Waals surface area contributed by atoms with Gasteiger partial charge in [-0.25, -0.2) is 9.48 Å². The van der Waals surface area contributed by atoms with Gasteiger partial charge in [0.15, 0.2) is 11.6 Å². The van der Waals surface area contributed by atoms with Gasteiger partial charge in [0, 0.05) is 19.0 Å². The molecule has 0 saturated carbocycles. The minimum absolute atomic E-state index is 0.00902. The Labute approximate surface area is 111 Å². The molecule has 2 rings (SSSR count). The van der Waals surface area contributed by atoms with Crippen LogP contribution in [0, 0.1) is 0 Å². The standard InChI is InChI=1S/C12H18N4O3/c1-12(2,3)19-11(18)14-10-6-8-9(17)4-5-13-7-16(8)15-10/h6,13H,4-5,7H2,1-3H3,(H,14,15,18). The molecule has 0 radical (unpaired) electrons. The lowest BCUT2D eigenvalue weighted by Gasteiger charge is -2.19. The molecule has 2 heterocycles. The van der Waals surface area contributed by atoms with Gasteiger partial charge in [-0.2, -0.15) is 5.10 Å². The van der Waals surface area contributed by atoms with Crippen LogP contribution in [0.5, 0.6) is 0 Å². The smallest absolute Gasteiger partial charge is 0.413 e. The molecule has 0 atom stereocenters. The van der Waals surface area contributed by atoms with Crippen LogP contribution < -0.4 is 10.6 Å². The summed E-state index contributed by atoms with van der Waals surface area (Å²) in [5.41, 5.74) is -0.0748. The van der Waals surface area contributed by atoms with E-state index in [9.17, 15) is 9.59 Å². The molecule has 1 aliphatic rings. The van der Waals surface area contributed by atoms with Gasteiger partial charge in [-0.15, -0.1) is 0 Å². The second kappa shape index (κ2) is 5.00. The van der Waals surface area contributed by atoms with Crippen molar-refractivity contribution in [1.29, 1.82) is 0 Å². The number of fused-ring (bicyclic) bond motifs is 1. The highest BCUT2D eigenvalue weighted by Gasteiger charge is 2.21. The van der Waals surface area contributed by atoms with E-state index in [0.717, 1.165) is 0 Å². The second-order valence-electron chi connectivity index (χ2n) is 5.37. The molecular weight excluding hydrogens is 248 g/mol. The molecule has 2 N–H and O–H groups in total. The number of hydrogen-bond donors (Lipinski definition) is 2. The van der Waals surface area contributed by atoms with Crippen LogP contribution >= 0.6 is 0 Å². The van der Waals surface area contributed by atoms with Gasteiger partial charge in [0.1, 0.15) is 11.3 Å². The molecule has 0 unspecified atom stereocenters. The monoisotopic (exact) mass is 266 g/mol. The van der Waals surface area contributed by atoms with Gasteiger partial charge in [0.2, 0.25) is 0 Å². The van der Waals surface area contributed by atoms with Crippen LogP contribution in [0.4, 0.5) is 10.6 Å². The Hall–Kier alpha value is -1.89. The summed E-state index contributed by atoms with van der Waals surface area (Å²) in [5, 5.41) is 9.75. The topological polar surface area (TPSA) is 85.2 Å². The molecule has 0 fully saturated rings. The summed E-state index contributed by atoms with van der Waals surface area (Å²) in [6.45, 7) is 6.43. The van der Waals surface area contributed by atoms with Gasteiger partial charge >= 0.3 is 6.09 Å². The summed E-state index contributed by atoms with van der Waals surface area (Å²) in [6.07, 6.45) is -0.154. The van der Waals surface area contributed by atoms with Crippen LogP contribution in [-0.2, 0) is 11.4 Å². The number of carbonyl (C=O) groups is 2. The Kier molecular flexibility index (Phi) is 3.57. The highest BCUT2D eigenvalue weighted by atomic mass is 16.6.